The monoisotopic (exact) mass is 345 g/mol. The summed E-state index contributed by atoms with van der Waals surface area (Å²) in [6.07, 6.45) is 2.71. The molecule has 1 aromatic carbocycles. The van der Waals surface area contributed by atoms with Gasteiger partial charge in [-0.3, -0.25) is 4.79 Å². The first-order chi connectivity index (χ1) is 10.1. The zero-order chi connectivity index (χ0) is 14.8. The standard InChI is InChI=1S/C16H16BrN3O/c1-10-6-15(19-9-14(10)17)20-16(21)12-3-2-11-4-5-18-8-13(11)7-12/h2-3,6-7,9,18H,4-5,8H2,1H3,(H,19,20,21). The summed E-state index contributed by atoms with van der Waals surface area (Å²) in [5.41, 5.74) is 4.23. The summed E-state index contributed by atoms with van der Waals surface area (Å²) in [6, 6.07) is 7.74. The number of benzene rings is 1. The second-order valence-corrected chi connectivity index (χ2v) is 6.04. The maximum Gasteiger partial charge on any atom is 0.256 e. The van der Waals surface area contributed by atoms with Gasteiger partial charge in [-0.25, -0.2) is 4.98 Å². The van der Waals surface area contributed by atoms with Crippen LogP contribution in [0.1, 0.15) is 27.0 Å². The summed E-state index contributed by atoms with van der Waals surface area (Å²) >= 11 is 3.40. The predicted octanol–water partition coefficient (Wildman–Crippen LogP) is 3.05. The van der Waals surface area contributed by atoms with E-state index in [9.17, 15) is 4.79 Å². The van der Waals surface area contributed by atoms with Gasteiger partial charge in [-0.2, -0.15) is 0 Å². The van der Waals surface area contributed by atoms with Gasteiger partial charge >= 0.3 is 0 Å². The number of hydrogen-bond acceptors (Lipinski definition) is 3. The van der Waals surface area contributed by atoms with Crippen molar-refractivity contribution in [1.82, 2.24) is 10.3 Å². The highest BCUT2D eigenvalue weighted by molar-refractivity contribution is 9.10. The van der Waals surface area contributed by atoms with Crippen molar-refractivity contribution in [3.63, 3.8) is 0 Å². The number of nitrogens with one attached hydrogen (secondary N) is 2. The van der Waals surface area contributed by atoms with Crippen LogP contribution in [0.25, 0.3) is 0 Å². The van der Waals surface area contributed by atoms with Crippen molar-refractivity contribution in [2.75, 3.05) is 11.9 Å². The van der Waals surface area contributed by atoms with Crippen molar-refractivity contribution in [3.05, 3.63) is 57.2 Å². The first-order valence-electron chi connectivity index (χ1n) is 6.89. The van der Waals surface area contributed by atoms with Crippen LogP contribution in [-0.4, -0.2) is 17.4 Å². The summed E-state index contributed by atoms with van der Waals surface area (Å²) in [5.74, 6) is 0.439. The van der Waals surface area contributed by atoms with Gasteiger partial charge in [-0.1, -0.05) is 6.07 Å². The van der Waals surface area contributed by atoms with Crippen LogP contribution in [0.15, 0.2) is 34.9 Å². The number of halogens is 1. The molecule has 2 N–H and O–H groups in total. The number of anilines is 1. The smallest absolute Gasteiger partial charge is 0.256 e. The Morgan fingerprint density at radius 2 is 2.19 bits per heavy atom. The van der Waals surface area contributed by atoms with E-state index in [1.165, 1.54) is 11.1 Å². The van der Waals surface area contributed by atoms with Gasteiger partial charge in [-0.05, 0) is 70.7 Å². The van der Waals surface area contributed by atoms with Gasteiger partial charge in [-0.15, -0.1) is 0 Å². The minimum atomic E-state index is -0.127. The first-order valence-corrected chi connectivity index (χ1v) is 7.69. The number of carbonyl (C=O) groups excluding carboxylic acids is 1. The van der Waals surface area contributed by atoms with Crippen molar-refractivity contribution in [2.24, 2.45) is 0 Å². The molecule has 0 unspecified atom stereocenters. The van der Waals surface area contributed by atoms with Crippen LogP contribution in [0.5, 0.6) is 0 Å². The second kappa shape index (κ2) is 5.95. The highest BCUT2D eigenvalue weighted by Crippen LogP contribution is 2.19. The van der Waals surface area contributed by atoms with Gasteiger partial charge in [0.1, 0.15) is 5.82 Å². The summed E-state index contributed by atoms with van der Waals surface area (Å²) in [6.45, 7) is 3.79. The van der Waals surface area contributed by atoms with Crippen LogP contribution >= 0.6 is 15.9 Å². The maximum absolute atomic E-state index is 12.3. The minimum absolute atomic E-state index is 0.127. The molecule has 5 heteroatoms. The zero-order valence-electron chi connectivity index (χ0n) is 11.7. The third-order valence-electron chi connectivity index (χ3n) is 3.64. The van der Waals surface area contributed by atoms with Crippen molar-refractivity contribution in [3.8, 4) is 0 Å². The third-order valence-corrected chi connectivity index (χ3v) is 4.47. The molecule has 0 fully saturated rings. The molecule has 2 aromatic rings. The Bertz CT molecular complexity index is 700. The molecule has 0 spiro atoms. The quantitative estimate of drug-likeness (QED) is 0.879. The Hall–Kier alpha value is -1.72. The Morgan fingerprint density at radius 1 is 1.33 bits per heavy atom. The van der Waals surface area contributed by atoms with Crippen LogP contribution in [0.2, 0.25) is 0 Å². The van der Waals surface area contributed by atoms with Crippen LogP contribution in [0.4, 0.5) is 5.82 Å². The zero-order valence-corrected chi connectivity index (χ0v) is 13.3. The van der Waals surface area contributed by atoms with E-state index in [1.54, 1.807) is 6.20 Å². The molecule has 0 bridgehead atoms. The van der Waals surface area contributed by atoms with E-state index in [4.69, 9.17) is 0 Å². The molecule has 4 nitrogen and oxygen atoms in total. The Morgan fingerprint density at radius 3 is 3.00 bits per heavy atom. The molecule has 0 saturated carbocycles. The number of pyridine rings is 1. The molecular formula is C16H16BrN3O. The van der Waals surface area contributed by atoms with E-state index in [0.717, 1.165) is 29.5 Å². The predicted molar refractivity (Wildman–Crippen MR) is 86.5 cm³/mol. The topological polar surface area (TPSA) is 54.0 Å². The van der Waals surface area contributed by atoms with Gasteiger partial charge in [0.15, 0.2) is 0 Å². The Kier molecular flexibility index (Phi) is 4.03. The average Bonchev–Trinajstić information content (AvgIpc) is 2.50. The largest absolute Gasteiger partial charge is 0.312 e. The fourth-order valence-corrected chi connectivity index (χ4v) is 2.63. The lowest BCUT2D eigenvalue weighted by Gasteiger charge is -2.17. The van der Waals surface area contributed by atoms with E-state index in [-0.39, 0.29) is 5.91 Å². The molecular weight excluding hydrogens is 330 g/mol. The number of rotatable bonds is 2. The Balaban J connectivity index is 1.80. The minimum Gasteiger partial charge on any atom is -0.312 e. The number of carbonyl (C=O) groups is 1. The third kappa shape index (κ3) is 3.14. The molecule has 0 aliphatic carbocycles. The van der Waals surface area contributed by atoms with Crippen molar-refractivity contribution in [1.29, 1.82) is 0 Å². The number of hydrogen-bond donors (Lipinski definition) is 2. The lowest BCUT2D eigenvalue weighted by Crippen LogP contribution is -2.24. The molecule has 1 aromatic heterocycles. The molecule has 1 aliphatic rings. The van der Waals surface area contributed by atoms with Crippen molar-refractivity contribution >= 4 is 27.7 Å². The number of amides is 1. The highest BCUT2D eigenvalue weighted by atomic mass is 79.9. The van der Waals surface area contributed by atoms with Gasteiger partial charge in [0.25, 0.3) is 5.91 Å². The summed E-state index contributed by atoms with van der Waals surface area (Å²) < 4.78 is 0.931. The van der Waals surface area contributed by atoms with Crippen molar-refractivity contribution in [2.45, 2.75) is 19.9 Å². The van der Waals surface area contributed by atoms with Gasteiger partial charge in [0, 0.05) is 22.8 Å². The molecule has 0 saturated heterocycles. The fraction of sp³-hybridized carbons (Fsp3) is 0.250. The van der Waals surface area contributed by atoms with Gasteiger partial charge < -0.3 is 10.6 Å². The molecule has 2 heterocycles. The van der Waals surface area contributed by atoms with Crippen LogP contribution in [0, 0.1) is 6.92 Å². The molecule has 1 aliphatic heterocycles. The van der Waals surface area contributed by atoms with Crippen LogP contribution in [0.3, 0.4) is 0 Å². The number of aromatic nitrogens is 1. The number of aryl methyl sites for hydroxylation is 1. The molecule has 0 radical (unpaired) electrons. The van der Waals surface area contributed by atoms with Crippen molar-refractivity contribution < 1.29 is 4.79 Å². The normalized spacial score (nSPS) is 13.6. The molecule has 21 heavy (non-hydrogen) atoms. The summed E-state index contributed by atoms with van der Waals surface area (Å²) in [7, 11) is 0. The molecule has 0 atom stereocenters. The number of nitrogens with zero attached hydrogens (tertiary/aromatic N) is 1. The molecule has 1 amide bonds. The lowest BCUT2D eigenvalue weighted by atomic mass is 9.98. The van der Waals surface area contributed by atoms with Gasteiger partial charge in [0.2, 0.25) is 0 Å². The van der Waals surface area contributed by atoms with Crippen LogP contribution in [-0.2, 0) is 13.0 Å². The molecule has 3 rings (SSSR count). The van der Waals surface area contributed by atoms with E-state index in [1.807, 2.05) is 31.2 Å². The van der Waals surface area contributed by atoms with Crippen LogP contribution < -0.4 is 10.6 Å². The second-order valence-electron chi connectivity index (χ2n) is 5.18. The average molecular weight is 346 g/mol. The lowest BCUT2D eigenvalue weighted by molar-refractivity contribution is 0.102. The summed E-state index contributed by atoms with van der Waals surface area (Å²) in [4.78, 5) is 16.5. The molecule has 108 valence electrons. The van der Waals surface area contributed by atoms with E-state index in [0.29, 0.717) is 11.4 Å². The fourth-order valence-electron chi connectivity index (χ4n) is 2.42. The maximum atomic E-state index is 12.3. The summed E-state index contributed by atoms with van der Waals surface area (Å²) in [5, 5.41) is 6.16. The first kappa shape index (κ1) is 14.2. The van der Waals surface area contributed by atoms with Gasteiger partial charge in [0.05, 0.1) is 0 Å². The Labute approximate surface area is 132 Å². The number of fused-ring (bicyclic) bond motifs is 1. The van der Waals surface area contributed by atoms with E-state index in [2.05, 4.69) is 31.5 Å². The SMILES string of the molecule is Cc1cc(NC(=O)c2ccc3c(c2)CNCC3)ncc1Br. The highest BCUT2D eigenvalue weighted by Gasteiger charge is 2.13. The van der Waals surface area contributed by atoms with E-state index >= 15 is 0 Å². The van der Waals surface area contributed by atoms with E-state index < -0.39 is 0 Å².